The minimum Gasteiger partial charge on any atom is -0.387 e. The molecular formula is C19H25NO. The van der Waals surface area contributed by atoms with Gasteiger partial charge in [0, 0.05) is 13.1 Å². The molecule has 0 radical (unpaired) electrons. The number of fused-ring (bicyclic) bond motifs is 1. The third-order valence-corrected chi connectivity index (χ3v) is 4.69. The Morgan fingerprint density at radius 1 is 1.10 bits per heavy atom. The van der Waals surface area contributed by atoms with Crippen molar-refractivity contribution >= 4 is 10.8 Å². The van der Waals surface area contributed by atoms with Gasteiger partial charge in [-0.3, -0.25) is 0 Å². The first-order valence-electron chi connectivity index (χ1n) is 8.07. The molecule has 1 saturated carbocycles. The summed E-state index contributed by atoms with van der Waals surface area (Å²) in [4.78, 5) is 2.29. The van der Waals surface area contributed by atoms with Gasteiger partial charge in [-0.25, -0.2) is 0 Å². The maximum atomic E-state index is 10.5. The van der Waals surface area contributed by atoms with E-state index in [-0.39, 0.29) is 0 Å². The summed E-state index contributed by atoms with van der Waals surface area (Å²) in [7, 11) is 2.13. The molecule has 0 saturated heterocycles. The van der Waals surface area contributed by atoms with Gasteiger partial charge in [0.25, 0.3) is 0 Å². The van der Waals surface area contributed by atoms with Gasteiger partial charge in [-0.15, -0.1) is 0 Å². The minimum atomic E-state index is -0.402. The molecule has 3 rings (SSSR count). The van der Waals surface area contributed by atoms with Crippen molar-refractivity contribution in [2.75, 3.05) is 20.1 Å². The van der Waals surface area contributed by atoms with Crippen molar-refractivity contribution in [3.8, 4) is 0 Å². The fourth-order valence-electron chi connectivity index (χ4n) is 3.52. The van der Waals surface area contributed by atoms with Gasteiger partial charge in [0.15, 0.2) is 0 Å². The Labute approximate surface area is 127 Å². The number of aliphatic hydroxyl groups is 1. The Hall–Kier alpha value is -1.38. The first-order chi connectivity index (χ1) is 10.2. The van der Waals surface area contributed by atoms with Crippen molar-refractivity contribution in [3.05, 3.63) is 48.0 Å². The molecule has 0 aliphatic heterocycles. The lowest BCUT2D eigenvalue weighted by molar-refractivity contribution is 0.118. The molecule has 0 amide bonds. The Morgan fingerprint density at radius 2 is 1.81 bits per heavy atom. The number of likely N-dealkylation sites (N-methyl/N-ethyl adjacent to an activating group) is 1. The number of nitrogens with zero attached hydrogens (tertiary/aromatic N) is 1. The summed E-state index contributed by atoms with van der Waals surface area (Å²) in [5, 5.41) is 12.9. The average molecular weight is 283 g/mol. The third kappa shape index (κ3) is 3.63. The van der Waals surface area contributed by atoms with Crippen LogP contribution in [0.3, 0.4) is 0 Å². The highest BCUT2D eigenvalue weighted by molar-refractivity contribution is 5.83. The summed E-state index contributed by atoms with van der Waals surface area (Å²) in [6.45, 7) is 1.83. The fraction of sp³-hybridized carbons (Fsp3) is 0.474. The summed E-state index contributed by atoms with van der Waals surface area (Å²) in [6, 6.07) is 14.6. The van der Waals surface area contributed by atoms with Gasteiger partial charge in [0.1, 0.15) is 0 Å². The van der Waals surface area contributed by atoms with Crippen molar-refractivity contribution in [2.24, 2.45) is 5.92 Å². The van der Waals surface area contributed by atoms with Crippen LogP contribution >= 0.6 is 0 Å². The summed E-state index contributed by atoms with van der Waals surface area (Å²) in [5.74, 6) is 0.832. The zero-order valence-electron chi connectivity index (χ0n) is 12.8. The van der Waals surface area contributed by atoms with E-state index in [1.165, 1.54) is 36.5 Å². The first kappa shape index (κ1) is 14.6. The second kappa shape index (κ2) is 6.59. The molecule has 2 nitrogen and oxygen atoms in total. The Kier molecular flexibility index (Phi) is 4.57. The van der Waals surface area contributed by atoms with Crippen LogP contribution in [0, 0.1) is 5.92 Å². The maximum absolute atomic E-state index is 10.5. The highest BCUT2D eigenvalue weighted by atomic mass is 16.3. The molecular weight excluding hydrogens is 258 g/mol. The topological polar surface area (TPSA) is 23.5 Å². The van der Waals surface area contributed by atoms with Gasteiger partial charge < -0.3 is 10.0 Å². The van der Waals surface area contributed by atoms with Gasteiger partial charge in [-0.1, -0.05) is 49.2 Å². The lowest BCUT2D eigenvalue weighted by Gasteiger charge is -2.23. The van der Waals surface area contributed by atoms with Gasteiger partial charge in [0.2, 0.25) is 0 Å². The number of hydrogen-bond acceptors (Lipinski definition) is 2. The SMILES string of the molecule is CN(CC1CCCC1)CC(O)c1ccc2ccccc2c1. The highest BCUT2D eigenvalue weighted by Gasteiger charge is 2.18. The number of hydrogen-bond donors (Lipinski definition) is 1. The van der Waals surface area contributed by atoms with Gasteiger partial charge in [0.05, 0.1) is 6.10 Å². The summed E-state index contributed by atoms with van der Waals surface area (Å²) in [5.41, 5.74) is 1.02. The van der Waals surface area contributed by atoms with E-state index in [4.69, 9.17) is 0 Å². The standard InChI is InChI=1S/C19H25NO/c1-20(13-15-6-2-3-7-15)14-19(21)18-11-10-16-8-4-5-9-17(16)12-18/h4-5,8-12,15,19,21H,2-3,6-7,13-14H2,1H3. The molecule has 2 aromatic carbocycles. The van der Waals surface area contributed by atoms with Gasteiger partial charge in [-0.05, 0) is 48.2 Å². The molecule has 1 N–H and O–H groups in total. The largest absolute Gasteiger partial charge is 0.387 e. The van der Waals surface area contributed by atoms with Crippen LogP contribution in [-0.4, -0.2) is 30.1 Å². The summed E-state index contributed by atoms with van der Waals surface area (Å²) < 4.78 is 0. The minimum absolute atomic E-state index is 0.402. The average Bonchev–Trinajstić information content (AvgIpc) is 2.99. The van der Waals surface area contributed by atoms with E-state index < -0.39 is 6.10 Å². The Bertz CT molecular complexity index is 589. The van der Waals surface area contributed by atoms with Gasteiger partial charge >= 0.3 is 0 Å². The molecule has 1 aliphatic carbocycles. The monoisotopic (exact) mass is 283 g/mol. The zero-order valence-corrected chi connectivity index (χ0v) is 12.8. The lowest BCUT2D eigenvalue weighted by atomic mass is 10.0. The molecule has 2 aromatic rings. The second-order valence-electron chi connectivity index (χ2n) is 6.49. The lowest BCUT2D eigenvalue weighted by Crippen LogP contribution is -2.29. The van der Waals surface area contributed by atoms with E-state index in [1.54, 1.807) is 0 Å². The molecule has 1 aliphatic rings. The molecule has 2 heteroatoms. The molecule has 0 bridgehead atoms. The van der Waals surface area contributed by atoms with E-state index >= 15 is 0 Å². The quantitative estimate of drug-likeness (QED) is 0.896. The van der Waals surface area contributed by atoms with Crippen molar-refractivity contribution in [3.63, 3.8) is 0 Å². The number of rotatable bonds is 5. The molecule has 1 fully saturated rings. The van der Waals surface area contributed by atoms with Crippen molar-refractivity contribution < 1.29 is 5.11 Å². The van der Waals surface area contributed by atoms with Crippen LogP contribution in [0.2, 0.25) is 0 Å². The van der Waals surface area contributed by atoms with Crippen LogP contribution in [0.5, 0.6) is 0 Å². The smallest absolute Gasteiger partial charge is 0.0917 e. The molecule has 112 valence electrons. The zero-order chi connectivity index (χ0) is 14.7. The van der Waals surface area contributed by atoms with Crippen LogP contribution in [0.15, 0.2) is 42.5 Å². The summed E-state index contributed by atoms with van der Waals surface area (Å²) in [6.07, 6.45) is 5.07. The van der Waals surface area contributed by atoms with E-state index in [0.717, 1.165) is 24.6 Å². The first-order valence-corrected chi connectivity index (χ1v) is 8.07. The predicted molar refractivity (Wildman–Crippen MR) is 88.4 cm³/mol. The van der Waals surface area contributed by atoms with Crippen LogP contribution in [0.25, 0.3) is 10.8 Å². The molecule has 0 aromatic heterocycles. The molecule has 1 atom stereocenters. The van der Waals surface area contributed by atoms with E-state index in [0.29, 0.717) is 0 Å². The maximum Gasteiger partial charge on any atom is 0.0917 e. The van der Waals surface area contributed by atoms with Crippen molar-refractivity contribution in [1.29, 1.82) is 0 Å². The van der Waals surface area contributed by atoms with E-state index in [1.807, 2.05) is 12.1 Å². The van der Waals surface area contributed by atoms with Crippen molar-refractivity contribution in [2.45, 2.75) is 31.8 Å². The third-order valence-electron chi connectivity index (χ3n) is 4.69. The van der Waals surface area contributed by atoms with Crippen LogP contribution in [-0.2, 0) is 0 Å². The highest BCUT2D eigenvalue weighted by Crippen LogP contribution is 2.26. The van der Waals surface area contributed by atoms with Gasteiger partial charge in [-0.2, -0.15) is 0 Å². The Morgan fingerprint density at radius 3 is 2.57 bits per heavy atom. The second-order valence-corrected chi connectivity index (χ2v) is 6.49. The van der Waals surface area contributed by atoms with E-state index in [9.17, 15) is 5.11 Å². The molecule has 0 spiro atoms. The Balaban J connectivity index is 1.63. The summed E-state index contributed by atoms with van der Waals surface area (Å²) >= 11 is 0. The molecule has 21 heavy (non-hydrogen) atoms. The number of aliphatic hydroxyl groups excluding tert-OH is 1. The van der Waals surface area contributed by atoms with E-state index in [2.05, 4.69) is 42.3 Å². The van der Waals surface area contributed by atoms with Crippen LogP contribution in [0.4, 0.5) is 0 Å². The number of benzene rings is 2. The fourth-order valence-corrected chi connectivity index (χ4v) is 3.52. The van der Waals surface area contributed by atoms with Crippen LogP contribution in [0.1, 0.15) is 37.4 Å². The normalized spacial score (nSPS) is 17.7. The molecule has 0 heterocycles. The van der Waals surface area contributed by atoms with Crippen molar-refractivity contribution in [1.82, 2.24) is 4.90 Å². The molecule has 1 unspecified atom stereocenters. The van der Waals surface area contributed by atoms with Crippen LogP contribution < -0.4 is 0 Å². The predicted octanol–water partition coefficient (Wildman–Crippen LogP) is 4.00.